The fourth-order valence-corrected chi connectivity index (χ4v) is 6.92. The Morgan fingerprint density at radius 2 is 0.792 bits per heavy atom. The molecule has 12 heteroatoms. The van der Waals surface area contributed by atoms with Crippen molar-refractivity contribution in [2.24, 2.45) is 0 Å². The largest absolute Gasteiger partial charge is 0.508 e. The number of phenols is 1. The second-order valence-corrected chi connectivity index (χ2v) is 12.3. The van der Waals surface area contributed by atoms with Crippen molar-refractivity contribution in [3.63, 3.8) is 0 Å². The third kappa shape index (κ3) is 2.50. The normalized spacial score (nSPS) is 28.3. The summed E-state index contributed by atoms with van der Waals surface area (Å²) in [6, 6.07) is 5.24. The van der Waals surface area contributed by atoms with Crippen LogP contribution in [0, 0.1) is 0 Å². The van der Waals surface area contributed by atoms with E-state index in [4.69, 9.17) is 128 Å². The van der Waals surface area contributed by atoms with Crippen LogP contribution in [0.1, 0.15) is 5.56 Å². The quantitative estimate of drug-likeness (QED) is 0.352. The van der Waals surface area contributed by atoms with E-state index in [-0.39, 0.29) is 11.3 Å². The maximum atomic E-state index is 9.47. The summed E-state index contributed by atoms with van der Waals surface area (Å²) < 4.78 is -12.1. The summed E-state index contributed by atoms with van der Waals surface area (Å²) in [7, 11) is 0. The van der Waals surface area contributed by atoms with Crippen LogP contribution in [0.3, 0.4) is 0 Å². The first-order chi connectivity index (χ1) is 10.5. The fraction of sp³-hybridized carbons (Fsp3) is 0.500. The Kier molecular flexibility index (Phi) is 5.96. The molecule has 0 amide bonds. The second-order valence-electron chi connectivity index (χ2n) is 5.08. The molecule has 0 bridgehead atoms. The highest BCUT2D eigenvalue weighted by Gasteiger charge is 2.88. The number of hydrogen-bond donors (Lipinski definition) is 1. The van der Waals surface area contributed by atoms with E-state index in [0.717, 1.165) is 0 Å². The highest BCUT2D eigenvalue weighted by Crippen LogP contribution is 2.79. The van der Waals surface area contributed by atoms with Crippen LogP contribution in [0.25, 0.3) is 0 Å². The number of phenolic OH excluding ortho intramolecular Hbond substituents is 1. The maximum Gasteiger partial charge on any atom is 0.189 e. The predicted octanol–water partition coefficient (Wildman–Crippen LogP) is 7.71. The first-order valence-electron chi connectivity index (χ1n) is 5.87. The summed E-state index contributed by atoms with van der Waals surface area (Å²) in [5, 5.41) is 9.47. The van der Waals surface area contributed by atoms with Gasteiger partial charge >= 0.3 is 0 Å². The highest BCUT2D eigenvalue weighted by molar-refractivity contribution is 6.80. The minimum atomic E-state index is -2.44. The summed E-state index contributed by atoms with van der Waals surface area (Å²) in [6.45, 7) is 0. The van der Waals surface area contributed by atoms with Gasteiger partial charge in [0.1, 0.15) is 10.6 Å². The average Bonchev–Trinajstić information content (AvgIpc) is 2.45. The van der Waals surface area contributed by atoms with E-state index in [1.54, 1.807) is 0 Å². The van der Waals surface area contributed by atoms with Crippen LogP contribution in [-0.2, 0) is 4.87 Å². The zero-order chi connectivity index (χ0) is 19.0. The Labute approximate surface area is 193 Å². The van der Waals surface area contributed by atoms with Crippen LogP contribution in [-0.4, -0.2) is 26.8 Å². The standard InChI is InChI=1S/C12H5Cl11O/c13-7(5-1-3-6(24)4-2-5)8(14,15)10(18,19)12(22,23)11(20,21)9(7,16)17/h1-4,24H. The van der Waals surface area contributed by atoms with Gasteiger partial charge in [0.05, 0.1) is 0 Å². The van der Waals surface area contributed by atoms with Crippen molar-refractivity contribution in [1.82, 2.24) is 0 Å². The molecule has 136 valence electrons. The molecule has 24 heavy (non-hydrogen) atoms. The van der Waals surface area contributed by atoms with Gasteiger partial charge in [0.2, 0.25) is 0 Å². The van der Waals surface area contributed by atoms with E-state index in [1.807, 2.05) is 0 Å². The Balaban J connectivity index is 2.90. The lowest BCUT2D eigenvalue weighted by molar-refractivity contribution is 0.304. The SMILES string of the molecule is Oc1ccc(C2(Cl)C(Cl)(Cl)C(Cl)(Cl)C(Cl)(Cl)C(Cl)(Cl)C2(Cl)Cl)cc1. The maximum absolute atomic E-state index is 9.47. The van der Waals surface area contributed by atoms with E-state index in [0.29, 0.717) is 0 Å². The van der Waals surface area contributed by atoms with Gasteiger partial charge in [-0.3, -0.25) is 0 Å². The van der Waals surface area contributed by atoms with E-state index >= 15 is 0 Å². The number of alkyl halides is 11. The molecule has 0 spiro atoms. The molecule has 1 nitrogen and oxygen atoms in total. The monoisotopic (exact) mass is 550 g/mol. The van der Waals surface area contributed by atoms with Crippen LogP contribution in [0.4, 0.5) is 0 Å². The predicted molar refractivity (Wildman–Crippen MR) is 108 cm³/mol. The Morgan fingerprint density at radius 3 is 1.12 bits per heavy atom. The molecular weight excluding hydrogens is 550 g/mol. The molecule has 1 fully saturated rings. The first-order valence-corrected chi connectivity index (χ1v) is 10.0. The minimum absolute atomic E-state index is 0.0747. The Hall–Kier alpha value is 2.21. The summed E-state index contributed by atoms with van der Waals surface area (Å²) in [5.74, 6) is -0.0747. The molecule has 0 aromatic heterocycles. The fourth-order valence-electron chi connectivity index (χ4n) is 2.27. The highest BCUT2D eigenvalue weighted by atomic mass is 35.6. The average molecular weight is 555 g/mol. The van der Waals surface area contributed by atoms with E-state index in [2.05, 4.69) is 0 Å². The van der Waals surface area contributed by atoms with E-state index < -0.39 is 26.5 Å². The summed E-state index contributed by atoms with van der Waals surface area (Å²) in [6.07, 6.45) is 0. The van der Waals surface area contributed by atoms with E-state index in [9.17, 15) is 5.11 Å². The lowest BCUT2D eigenvalue weighted by Crippen LogP contribution is -2.78. The van der Waals surface area contributed by atoms with Crippen molar-refractivity contribution in [2.45, 2.75) is 26.5 Å². The van der Waals surface area contributed by atoms with Crippen molar-refractivity contribution in [3.8, 4) is 5.75 Å². The zero-order valence-electron chi connectivity index (χ0n) is 10.9. The van der Waals surface area contributed by atoms with Crippen LogP contribution < -0.4 is 0 Å². The Morgan fingerprint density at radius 1 is 0.500 bits per heavy atom. The van der Waals surface area contributed by atoms with Gasteiger partial charge in [-0.1, -0.05) is 128 Å². The molecule has 2 rings (SSSR count). The third-order valence-corrected chi connectivity index (χ3v) is 12.1. The summed E-state index contributed by atoms with van der Waals surface area (Å²) >= 11 is 69.6. The van der Waals surface area contributed by atoms with Gasteiger partial charge in [-0.25, -0.2) is 0 Å². The second kappa shape index (κ2) is 6.36. The van der Waals surface area contributed by atoms with Gasteiger partial charge < -0.3 is 5.11 Å². The van der Waals surface area contributed by atoms with Crippen molar-refractivity contribution >= 4 is 128 Å². The topological polar surface area (TPSA) is 20.2 Å². The van der Waals surface area contributed by atoms with Gasteiger partial charge in [-0.15, -0.1) is 11.6 Å². The molecule has 0 atom stereocenters. The molecule has 0 saturated heterocycles. The Bertz CT molecular complexity index is 619. The van der Waals surface area contributed by atoms with Gasteiger partial charge in [0, 0.05) is 0 Å². The minimum Gasteiger partial charge on any atom is -0.508 e. The molecular formula is C12H5Cl11O. The van der Waals surface area contributed by atoms with Crippen molar-refractivity contribution in [3.05, 3.63) is 29.8 Å². The van der Waals surface area contributed by atoms with Crippen molar-refractivity contribution in [2.75, 3.05) is 0 Å². The molecule has 0 aliphatic heterocycles. The van der Waals surface area contributed by atoms with Crippen molar-refractivity contribution in [1.29, 1.82) is 0 Å². The van der Waals surface area contributed by atoms with Gasteiger partial charge in [-0.2, -0.15) is 0 Å². The third-order valence-electron chi connectivity index (χ3n) is 3.71. The number of aromatic hydroxyl groups is 1. The summed E-state index contributed by atoms with van der Waals surface area (Å²) in [5.41, 5.74) is 0.108. The van der Waals surface area contributed by atoms with Crippen molar-refractivity contribution < 1.29 is 5.11 Å². The number of halogens is 11. The molecule has 0 radical (unpaired) electrons. The molecule has 1 N–H and O–H groups in total. The van der Waals surface area contributed by atoms with Crippen LogP contribution in [0.15, 0.2) is 24.3 Å². The van der Waals surface area contributed by atoms with Crippen LogP contribution >= 0.6 is 128 Å². The molecule has 1 aliphatic rings. The molecule has 1 aliphatic carbocycles. The molecule has 0 heterocycles. The summed E-state index contributed by atoms with van der Waals surface area (Å²) in [4.78, 5) is -2.19. The number of hydrogen-bond acceptors (Lipinski definition) is 1. The molecule has 1 aromatic rings. The van der Waals surface area contributed by atoms with Crippen LogP contribution in [0.5, 0.6) is 5.75 Å². The van der Waals surface area contributed by atoms with Gasteiger partial charge in [0.25, 0.3) is 0 Å². The smallest absolute Gasteiger partial charge is 0.189 e. The zero-order valence-corrected chi connectivity index (χ0v) is 19.2. The van der Waals surface area contributed by atoms with E-state index in [1.165, 1.54) is 24.3 Å². The number of rotatable bonds is 1. The van der Waals surface area contributed by atoms with Gasteiger partial charge in [0.15, 0.2) is 21.7 Å². The first kappa shape index (κ1) is 22.5. The molecule has 0 unspecified atom stereocenters. The lowest BCUT2D eigenvalue weighted by Gasteiger charge is -2.63. The lowest BCUT2D eigenvalue weighted by atomic mass is 9.79. The molecule has 1 aromatic carbocycles. The van der Waals surface area contributed by atoms with Crippen LogP contribution in [0.2, 0.25) is 0 Å². The van der Waals surface area contributed by atoms with Gasteiger partial charge in [-0.05, 0) is 17.7 Å². The molecule has 1 saturated carbocycles. The number of benzene rings is 1.